The molecule has 12 heavy (non-hydrogen) atoms. The fraction of sp³-hybridized carbons (Fsp3) is 0.143. The summed E-state index contributed by atoms with van der Waals surface area (Å²) in [5.41, 5.74) is 1.70. The minimum Gasteiger partial charge on any atom is -0.368 e. The summed E-state index contributed by atoms with van der Waals surface area (Å²) in [5.74, 6) is 0. The SMILES string of the molecule is Cc1[c-]nc2nc(Cl)sc2c1.[Re]. The van der Waals surface area contributed by atoms with Crippen LogP contribution in [0.1, 0.15) is 5.56 Å². The summed E-state index contributed by atoms with van der Waals surface area (Å²) in [7, 11) is 0. The number of nitrogens with zero attached hydrogens (tertiary/aromatic N) is 2. The topological polar surface area (TPSA) is 25.8 Å². The quantitative estimate of drug-likeness (QED) is 0.667. The van der Waals surface area contributed by atoms with Crippen LogP contribution in [0.3, 0.4) is 0 Å². The molecule has 2 aromatic heterocycles. The summed E-state index contributed by atoms with van der Waals surface area (Å²) in [6.07, 6.45) is 2.82. The molecular formula is C7H4ClN2ReS-. The molecule has 0 aliphatic heterocycles. The Balaban J connectivity index is 0.000000720. The molecular weight excluding hydrogens is 366 g/mol. The molecule has 0 amide bonds. The smallest absolute Gasteiger partial charge is 0.171 e. The van der Waals surface area contributed by atoms with Gasteiger partial charge in [-0.05, 0) is 4.70 Å². The van der Waals surface area contributed by atoms with Crippen LogP contribution in [0.4, 0.5) is 0 Å². The van der Waals surface area contributed by atoms with Crippen LogP contribution in [-0.2, 0) is 20.4 Å². The number of halogens is 1. The first-order chi connectivity index (χ1) is 5.25. The van der Waals surface area contributed by atoms with Crippen LogP contribution in [0.15, 0.2) is 6.07 Å². The molecule has 2 aromatic rings. The second kappa shape index (κ2) is 3.80. The fourth-order valence-electron chi connectivity index (χ4n) is 0.842. The van der Waals surface area contributed by atoms with Crippen molar-refractivity contribution in [2.24, 2.45) is 0 Å². The van der Waals surface area contributed by atoms with Crippen molar-refractivity contribution in [1.82, 2.24) is 9.97 Å². The van der Waals surface area contributed by atoms with Crippen LogP contribution in [0.5, 0.6) is 0 Å². The third-order valence-corrected chi connectivity index (χ3v) is 2.39. The molecule has 2 nitrogen and oxygen atoms in total. The van der Waals surface area contributed by atoms with Gasteiger partial charge in [-0.1, -0.05) is 24.7 Å². The average Bonchev–Trinajstić information content (AvgIpc) is 2.27. The molecule has 0 atom stereocenters. The molecule has 0 bridgehead atoms. The minimum absolute atomic E-state index is 0. The van der Waals surface area contributed by atoms with Gasteiger partial charge in [0.05, 0.1) is 5.65 Å². The van der Waals surface area contributed by atoms with Gasteiger partial charge in [0.25, 0.3) is 0 Å². The van der Waals surface area contributed by atoms with E-state index in [1.807, 2.05) is 13.0 Å². The molecule has 0 N–H and O–H groups in total. The Bertz CT molecular complexity index is 401. The summed E-state index contributed by atoms with van der Waals surface area (Å²) < 4.78 is 1.55. The molecule has 2 heterocycles. The molecule has 0 aliphatic carbocycles. The van der Waals surface area contributed by atoms with Crippen LogP contribution >= 0.6 is 22.9 Å². The van der Waals surface area contributed by atoms with E-state index in [0.717, 1.165) is 10.3 Å². The molecule has 63 valence electrons. The standard InChI is InChI=1S/C7H4ClN2S.Re/c1-4-2-5-6(9-3-4)10-7(8)11-5;/h2H,1H3;/q-1;. The van der Waals surface area contributed by atoms with Crippen molar-refractivity contribution in [3.05, 3.63) is 22.3 Å². The fourth-order valence-corrected chi connectivity index (χ4v) is 1.90. The number of aromatic nitrogens is 2. The maximum absolute atomic E-state index is 5.69. The number of thiazole rings is 1. The summed E-state index contributed by atoms with van der Waals surface area (Å²) in [6.45, 7) is 1.94. The van der Waals surface area contributed by atoms with E-state index in [0.29, 0.717) is 10.1 Å². The second-order valence-electron chi connectivity index (χ2n) is 2.21. The third kappa shape index (κ3) is 1.83. The van der Waals surface area contributed by atoms with Crippen LogP contribution < -0.4 is 0 Å². The number of hydrogen-bond donors (Lipinski definition) is 0. The van der Waals surface area contributed by atoms with E-state index in [1.54, 1.807) is 0 Å². The molecule has 0 unspecified atom stereocenters. The Morgan fingerprint density at radius 2 is 2.33 bits per heavy atom. The summed E-state index contributed by atoms with van der Waals surface area (Å²) in [4.78, 5) is 7.99. The largest absolute Gasteiger partial charge is 0.368 e. The monoisotopic (exact) mass is 370 g/mol. The van der Waals surface area contributed by atoms with Crippen molar-refractivity contribution in [3.8, 4) is 0 Å². The Hall–Kier alpha value is -0.00766. The van der Waals surface area contributed by atoms with Gasteiger partial charge < -0.3 is 4.98 Å². The zero-order valence-electron chi connectivity index (χ0n) is 6.14. The maximum atomic E-state index is 5.69. The van der Waals surface area contributed by atoms with E-state index in [-0.39, 0.29) is 20.4 Å². The van der Waals surface area contributed by atoms with Crippen molar-refractivity contribution < 1.29 is 20.4 Å². The Labute approximate surface area is 92.6 Å². The van der Waals surface area contributed by atoms with Gasteiger partial charge in [0.15, 0.2) is 4.47 Å². The average molecular weight is 370 g/mol. The first-order valence-corrected chi connectivity index (χ1v) is 4.26. The van der Waals surface area contributed by atoms with Gasteiger partial charge in [-0.25, -0.2) is 0 Å². The van der Waals surface area contributed by atoms with Gasteiger partial charge >= 0.3 is 0 Å². The zero-order valence-corrected chi connectivity index (χ0v) is 10.4. The summed E-state index contributed by atoms with van der Waals surface area (Å²) >= 11 is 7.13. The molecule has 0 aromatic carbocycles. The van der Waals surface area contributed by atoms with Gasteiger partial charge in [0.2, 0.25) is 0 Å². The first-order valence-electron chi connectivity index (χ1n) is 3.07. The second-order valence-corrected chi connectivity index (χ2v) is 3.82. The van der Waals surface area contributed by atoms with E-state index < -0.39 is 0 Å². The van der Waals surface area contributed by atoms with E-state index >= 15 is 0 Å². The molecule has 0 saturated heterocycles. The van der Waals surface area contributed by atoms with Crippen LogP contribution in [0.2, 0.25) is 4.47 Å². The van der Waals surface area contributed by atoms with Gasteiger partial charge in [0.1, 0.15) is 0 Å². The number of hydrogen-bond acceptors (Lipinski definition) is 3. The Kier molecular flexibility index (Phi) is 3.19. The number of rotatable bonds is 0. The van der Waals surface area contributed by atoms with Gasteiger partial charge in [-0.15, -0.1) is 23.0 Å². The van der Waals surface area contributed by atoms with Crippen molar-refractivity contribution in [2.45, 2.75) is 6.92 Å². The van der Waals surface area contributed by atoms with Crippen LogP contribution in [0.25, 0.3) is 10.3 Å². The van der Waals surface area contributed by atoms with E-state index in [2.05, 4.69) is 16.2 Å². The summed E-state index contributed by atoms with van der Waals surface area (Å²) in [5, 5.41) is 0. The van der Waals surface area contributed by atoms with E-state index in [1.165, 1.54) is 11.3 Å². The predicted octanol–water partition coefficient (Wildman–Crippen LogP) is 2.45. The van der Waals surface area contributed by atoms with Crippen molar-refractivity contribution >= 4 is 33.3 Å². The van der Waals surface area contributed by atoms with Gasteiger partial charge in [-0.3, -0.25) is 4.98 Å². The van der Waals surface area contributed by atoms with Crippen molar-refractivity contribution in [3.63, 3.8) is 0 Å². The molecule has 0 aliphatic rings. The molecule has 2 rings (SSSR count). The van der Waals surface area contributed by atoms with Gasteiger partial charge in [0, 0.05) is 20.4 Å². The van der Waals surface area contributed by atoms with Crippen molar-refractivity contribution in [1.29, 1.82) is 0 Å². The molecule has 0 saturated carbocycles. The van der Waals surface area contributed by atoms with Gasteiger partial charge in [-0.2, -0.15) is 0 Å². The minimum atomic E-state index is 0. The number of fused-ring (bicyclic) bond motifs is 1. The first kappa shape index (κ1) is 10.1. The molecule has 0 spiro atoms. The molecule has 5 heteroatoms. The normalized spacial score (nSPS) is 9.83. The molecule has 1 radical (unpaired) electrons. The van der Waals surface area contributed by atoms with Crippen LogP contribution in [0, 0.1) is 13.1 Å². The summed E-state index contributed by atoms with van der Waals surface area (Å²) in [6, 6.07) is 1.98. The zero-order chi connectivity index (χ0) is 7.84. The number of aryl methyl sites for hydroxylation is 1. The Morgan fingerprint density at radius 1 is 1.58 bits per heavy atom. The maximum Gasteiger partial charge on any atom is 0.171 e. The van der Waals surface area contributed by atoms with E-state index in [9.17, 15) is 0 Å². The van der Waals surface area contributed by atoms with Crippen LogP contribution in [-0.4, -0.2) is 9.97 Å². The predicted molar refractivity (Wildman–Crippen MR) is 46.0 cm³/mol. The van der Waals surface area contributed by atoms with Crippen molar-refractivity contribution in [2.75, 3.05) is 0 Å². The third-order valence-electron chi connectivity index (χ3n) is 1.29. The number of pyridine rings is 1. The Morgan fingerprint density at radius 3 is 3.08 bits per heavy atom. The molecule has 0 fully saturated rings. The van der Waals surface area contributed by atoms with E-state index in [4.69, 9.17) is 11.6 Å².